The Morgan fingerprint density at radius 2 is 2.17 bits per heavy atom. The van der Waals surface area contributed by atoms with E-state index in [1.54, 1.807) is 25.1 Å². The van der Waals surface area contributed by atoms with E-state index < -0.39 is 10.0 Å². The van der Waals surface area contributed by atoms with E-state index >= 15 is 0 Å². The molecule has 4 nitrogen and oxygen atoms in total. The zero-order valence-corrected chi connectivity index (χ0v) is 11.6. The van der Waals surface area contributed by atoms with Crippen LogP contribution in [0.25, 0.3) is 0 Å². The number of nitrogen functional groups attached to an aromatic ring is 1. The summed E-state index contributed by atoms with van der Waals surface area (Å²) in [5.74, 6) is 0. The van der Waals surface area contributed by atoms with E-state index in [2.05, 4.69) is 11.3 Å². The lowest BCUT2D eigenvalue weighted by molar-refractivity contribution is 0.561. The molecule has 0 heterocycles. The summed E-state index contributed by atoms with van der Waals surface area (Å²) in [6, 6.07) is 4.79. The van der Waals surface area contributed by atoms with E-state index in [1.165, 1.54) is 6.07 Å². The summed E-state index contributed by atoms with van der Waals surface area (Å²) in [4.78, 5) is 0.265. The Morgan fingerprint density at radius 3 is 2.72 bits per heavy atom. The number of benzene rings is 1. The van der Waals surface area contributed by atoms with Gasteiger partial charge in [-0.25, -0.2) is 13.1 Å². The molecule has 0 bridgehead atoms. The molecule has 0 amide bonds. The number of aryl methyl sites for hydroxylation is 1. The molecule has 0 spiro atoms. The smallest absolute Gasteiger partial charge is 0.241 e. The number of hydrogen-bond donors (Lipinski definition) is 2. The standard InChI is InChI=1S/C13H20N2O2S/c1-4-6-10(3)15-18(16,17)13-9-12(14)8-7-11(13)5-2/h4,7-10,15H,1,5-6,14H2,2-3H3. The molecule has 0 saturated carbocycles. The number of hydrogen-bond acceptors (Lipinski definition) is 3. The first kappa shape index (κ1) is 14.7. The first-order valence-corrected chi connectivity index (χ1v) is 7.40. The second-order valence-corrected chi connectivity index (χ2v) is 5.95. The van der Waals surface area contributed by atoms with Crippen molar-refractivity contribution in [3.05, 3.63) is 36.4 Å². The number of nitrogens with two attached hydrogens (primary N) is 1. The van der Waals surface area contributed by atoms with Crippen molar-refractivity contribution < 1.29 is 8.42 Å². The van der Waals surface area contributed by atoms with Crippen LogP contribution in [0.4, 0.5) is 5.69 Å². The summed E-state index contributed by atoms with van der Waals surface area (Å²) in [6.07, 6.45) is 2.92. The normalized spacial score (nSPS) is 13.2. The van der Waals surface area contributed by atoms with Crippen LogP contribution in [-0.4, -0.2) is 14.5 Å². The molecule has 1 aromatic carbocycles. The highest BCUT2D eigenvalue weighted by molar-refractivity contribution is 7.89. The molecule has 1 unspecified atom stereocenters. The van der Waals surface area contributed by atoms with Crippen LogP contribution >= 0.6 is 0 Å². The average molecular weight is 268 g/mol. The molecule has 0 aromatic heterocycles. The lowest BCUT2D eigenvalue weighted by Gasteiger charge is -2.15. The predicted molar refractivity (Wildman–Crippen MR) is 74.8 cm³/mol. The fraction of sp³-hybridized carbons (Fsp3) is 0.385. The van der Waals surface area contributed by atoms with E-state index in [4.69, 9.17) is 5.73 Å². The summed E-state index contributed by atoms with van der Waals surface area (Å²) < 4.78 is 27.1. The van der Waals surface area contributed by atoms with Crippen LogP contribution in [0.1, 0.15) is 25.8 Å². The van der Waals surface area contributed by atoms with Crippen LogP contribution < -0.4 is 10.5 Å². The second kappa shape index (κ2) is 6.02. The van der Waals surface area contributed by atoms with Gasteiger partial charge in [0.15, 0.2) is 0 Å². The van der Waals surface area contributed by atoms with Crippen LogP contribution in [0.5, 0.6) is 0 Å². The Labute approximate surface area is 109 Å². The highest BCUT2D eigenvalue weighted by Gasteiger charge is 2.20. The summed E-state index contributed by atoms with van der Waals surface area (Å²) >= 11 is 0. The minimum atomic E-state index is -3.52. The largest absolute Gasteiger partial charge is 0.399 e. The molecule has 0 aliphatic heterocycles. The van der Waals surface area contributed by atoms with Crippen LogP contribution in [0.3, 0.4) is 0 Å². The minimum absolute atomic E-state index is 0.182. The van der Waals surface area contributed by atoms with Gasteiger partial charge < -0.3 is 5.73 Å². The van der Waals surface area contributed by atoms with Gasteiger partial charge in [-0.2, -0.15) is 0 Å². The molecule has 18 heavy (non-hydrogen) atoms. The van der Waals surface area contributed by atoms with E-state index in [1.807, 2.05) is 6.92 Å². The van der Waals surface area contributed by atoms with Gasteiger partial charge in [0.05, 0.1) is 4.90 Å². The first-order valence-electron chi connectivity index (χ1n) is 5.92. The fourth-order valence-corrected chi connectivity index (χ4v) is 3.34. The molecule has 0 aliphatic carbocycles. The monoisotopic (exact) mass is 268 g/mol. The molecular weight excluding hydrogens is 248 g/mol. The molecule has 0 aliphatic rings. The van der Waals surface area contributed by atoms with Crippen molar-refractivity contribution in [3.8, 4) is 0 Å². The van der Waals surface area contributed by atoms with Crippen molar-refractivity contribution in [2.75, 3.05) is 5.73 Å². The van der Waals surface area contributed by atoms with Crippen LogP contribution in [0.2, 0.25) is 0 Å². The van der Waals surface area contributed by atoms with Gasteiger partial charge in [-0.3, -0.25) is 0 Å². The second-order valence-electron chi connectivity index (χ2n) is 4.27. The van der Waals surface area contributed by atoms with Crippen molar-refractivity contribution >= 4 is 15.7 Å². The van der Waals surface area contributed by atoms with Crippen LogP contribution in [-0.2, 0) is 16.4 Å². The summed E-state index contributed by atoms with van der Waals surface area (Å²) in [5, 5.41) is 0. The molecule has 0 fully saturated rings. The number of nitrogens with one attached hydrogen (secondary N) is 1. The van der Waals surface area contributed by atoms with Crippen LogP contribution in [0.15, 0.2) is 35.7 Å². The van der Waals surface area contributed by atoms with Gasteiger partial charge in [-0.05, 0) is 37.5 Å². The highest BCUT2D eigenvalue weighted by Crippen LogP contribution is 2.20. The van der Waals surface area contributed by atoms with Gasteiger partial charge in [0, 0.05) is 11.7 Å². The average Bonchev–Trinajstić information content (AvgIpc) is 2.28. The zero-order valence-electron chi connectivity index (χ0n) is 10.8. The number of rotatable bonds is 6. The Hall–Kier alpha value is -1.33. The summed E-state index contributed by atoms with van der Waals surface area (Å²) in [7, 11) is -3.52. The van der Waals surface area contributed by atoms with E-state index in [-0.39, 0.29) is 10.9 Å². The topological polar surface area (TPSA) is 72.2 Å². The quantitative estimate of drug-likeness (QED) is 0.613. The molecule has 5 heteroatoms. The maximum absolute atomic E-state index is 12.2. The summed E-state index contributed by atoms with van der Waals surface area (Å²) in [6.45, 7) is 7.31. The Morgan fingerprint density at radius 1 is 1.50 bits per heavy atom. The third-order valence-corrected chi connectivity index (χ3v) is 4.31. The van der Waals surface area contributed by atoms with Crippen LogP contribution in [0, 0.1) is 0 Å². The van der Waals surface area contributed by atoms with Crippen molar-refractivity contribution in [2.45, 2.75) is 37.6 Å². The van der Waals surface area contributed by atoms with Gasteiger partial charge in [0.2, 0.25) is 10.0 Å². The van der Waals surface area contributed by atoms with Crippen molar-refractivity contribution in [2.24, 2.45) is 0 Å². The fourth-order valence-electron chi connectivity index (χ4n) is 1.74. The van der Waals surface area contributed by atoms with Crippen molar-refractivity contribution in [1.29, 1.82) is 0 Å². The molecule has 1 aromatic rings. The van der Waals surface area contributed by atoms with Gasteiger partial charge >= 0.3 is 0 Å². The Bertz CT molecular complexity index is 524. The van der Waals surface area contributed by atoms with Gasteiger partial charge in [-0.1, -0.05) is 19.1 Å². The van der Waals surface area contributed by atoms with E-state index in [0.717, 1.165) is 5.56 Å². The number of anilines is 1. The highest BCUT2D eigenvalue weighted by atomic mass is 32.2. The molecule has 100 valence electrons. The summed E-state index contributed by atoms with van der Waals surface area (Å²) in [5.41, 5.74) is 6.87. The molecule has 1 atom stereocenters. The minimum Gasteiger partial charge on any atom is -0.399 e. The maximum Gasteiger partial charge on any atom is 0.241 e. The third kappa shape index (κ3) is 3.58. The SMILES string of the molecule is C=CCC(C)NS(=O)(=O)c1cc(N)ccc1CC. The molecule has 0 saturated heterocycles. The first-order chi connectivity index (χ1) is 8.40. The van der Waals surface area contributed by atoms with Gasteiger partial charge in [-0.15, -0.1) is 6.58 Å². The van der Waals surface area contributed by atoms with Crippen molar-refractivity contribution in [1.82, 2.24) is 4.72 Å². The van der Waals surface area contributed by atoms with Gasteiger partial charge in [0.25, 0.3) is 0 Å². The molecule has 1 rings (SSSR count). The lowest BCUT2D eigenvalue weighted by Crippen LogP contribution is -2.32. The third-order valence-electron chi connectivity index (χ3n) is 2.64. The maximum atomic E-state index is 12.2. The van der Waals surface area contributed by atoms with Crippen molar-refractivity contribution in [3.63, 3.8) is 0 Å². The molecular formula is C13H20N2O2S. The molecule has 3 N–H and O–H groups in total. The Kier molecular flexibility index (Phi) is 4.93. The van der Waals surface area contributed by atoms with Gasteiger partial charge in [0.1, 0.15) is 0 Å². The predicted octanol–water partition coefficient (Wildman–Crippen LogP) is 2.07. The van der Waals surface area contributed by atoms with E-state index in [9.17, 15) is 8.42 Å². The molecule has 0 radical (unpaired) electrons. The Balaban J connectivity index is 3.11. The zero-order chi connectivity index (χ0) is 13.8. The van der Waals surface area contributed by atoms with E-state index in [0.29, 0.717) is 18.5 Å². The lowest BCUT2D eigenvalue weighted by atomic mass is 10.1. The number of sulfonamides is 1.